The molecule has 0 aliphatic rings. The second-order valence-corrected chi connectivity index (χ2v) is 7.80. The number of amides is 1. The molecule has 0 spiro atoms. The highest BCUT2D eigenvalue weighted by molar-refractivity contribution is 5.85. The number of aryl methyl sites for hydroxylation is 1. The number of para-hydroxylation sites is 2. The Bertz CT molecular complexity index is 1400. The molecule has 0 bridgehead atoms. The predicted molar refractivity (Wildman–Crippen MR) is 126 cm³/mol. The Morgan fingerprint density at radius 3 is 2.56 bits per heavy atom. The number of nitrogens with zero attached hydrogens (tertiary/aromatic N) is 3. The summed E-state index contributed by atoms with van der Waals surface area (Å²) in [4.78, 5) is 18.0. The molecule has 5 aromatic rings. The number of fused-ring (bicyclic) bond motifs is 2. The van der Waals surface area contributed by atoms with E-state index in [1.54, 1.807) is 7.11 Å². The van der Waals surface area contributed by atoms with E-state index >= 15 is 0 Å². The summed E-state index contributed by atoms with van der Waals surface area (Å²) in [7, 11) is 3.63. The van der Waals surface area contributed by atoms with Gasteiger partial charge in [0, 0.05) is 24.1 Å². The average molecular weight is 425 g/mol. The molecule has 0 saturated heterocycles. The van der Waals surface area contributed by atoms with Crippen LogP contribution in [0, 0.1) is 0 Å². The van der Waals surface area contributed by atoms with Crippen LogP contribution in [0.2, 0.25) is 0 Å². The number of hydrogen-bond donors (Lipinski definition) is 1. The summed E-state index contributed by atoms with van der Waals surface area (Å²) in [5.74, 6) is 1.51. The average Bonchev–Trinajstić information content (AvgIpc) is 3.38. The summed E-state index contributed by atoms with van der Waals surface area (Å²) in [6.07, 6.45) is 1.93. The van der Waals surface area contributed by atoms with Gasteiger partial charge in [0.1, 0.15) is 24.2 Å². The molecule has 0 radical (unpaired) electrons. The molecule has 0 aliphatic heterocycles. The van der Waals surface area contributed by atoms with Crippen LogP contribution >= 0.6 is 0 Å². The number of carbonyl (C=O) groups excluding carboxylic acids is 1. The van der Waals surface area contributed by atoms with E-state index in [9.17, 15) is 4.79 Å². The second kappa shape index (κ2) is 8.23. The van der Waals surface area contributed by atoms with Crippen LogP contribution in [0.15, 0.2) is 85.1 Å². The van der Waals surface area contributed by atoms with Crippen molar-refractivity contribution in [3.8, 4) is 5.75 Å². The molecule has 0 aliphatic carbocycles. The maximum atomic E-state index is 13.2. The Balaban J connectivity index is 1.46. The summed E-state index contributed by atoms with van der Waals surface area (Å²) in [5.41, 5.74) is 3.91. The standard InChI is InChI=1S/C26H24N4O2/c1-29-23-11-7-6-10-21(23)27-26(29)25(18-8-4-3-5-9-18)28-24(31)17-30-15-14-19-16-20(32-2)12-13-22(19)30/h3-16,25H,17H2,1-2H3,(H,28,31). The molecule has 0 saturated carbocycles. The molecule has 1 amide bonds. The molecular weight excluding hydrogens is 400 g/mol. The summed E-state index contributed by atoms with van der Waals surface area (Å²) < 4.78 is 9.29. The van der Waals surface area contributed by atoms with Crippen molar-refractivity contribution in [2.75, 3.05) is 7.11 Å². The second-order valence-electron chi connectivity index (χ2n) is 7.80. The molecule has 1 unspecified atom stereocenters. The van der Waals surface area contributed by atoms with Crippen molar-refractivity contribution < 1.29 is 9.53 Å². The first kappa shape index (κ1) is 19.9. The van der Waals surface area contributed by atoms with Gasteiger partial charge in [-0.1, -0.05) is 42.5 Å². The minimum Gasteiger partial charge on any atom is -0.497 e. The van der Waals surface area contributed by atoms with Crippen LogP contribution in [-0.2, 0) is 18.4 Å². The third-order valence-electron chi connectivity index (χ3n) is 5.81. The van der Waals surface area contributed by atoms with Crippen molar-refractivity contribution in [3.05, 3.63) is 96.4 Å². The van der Waals surface area contributed by atoms with E-state index in [1.807, 2.05) is 101 Å². The summed E-state index contributed by atoms with van der Waals surface area (Å²) in [5, 5.41) is 4.24. The van der Waals surface area contributed by atoms with Crippen LogP contribution in [-0.4, -0.2) is 27.1 Å². The topological polar surface area (TPSA) is 61.1 Å². The maximum Gasteiger partial charge on any atom is 0.240 e. The first-order chi connectivity index (χ1) is 15.6. The fraction of sp³-hybridized carbons (Fsp3) is 0.154. The van der Waals surface area contributed by atoms with Gasteiger partial charge in [-0.25, -0.2) is 4.98 Å². The van der Waals surface area contributed by atoms with Crippen molar-refractivity contribution in [1.82, 2.24) is 19.4 Å². The normalized spacial score (nSPS) is 12.2. The van der Waals surface area contributed by atoms with E-state index in [4.69, 9.17) is 9.72 Å². The number of nitrogens with one attached hydrogen (secondary N) is 1. The lowest BCUT2D eigenvalue weighted by Gasteiger charge is -2.19. The lowest BCUT2D eigenvalue weighted by molar-refractivity contribution is -0.122. The summed E-state index contributed by atoms with van der Waals surface area (Å²) in [6.45, 7) is 0.211. The van der Waals surface area contributed by atoms with Gasteiger partial charge in [-0.2, -0.15) is 0 Å². The van der Waals surface area contributed by atoms with E-state index < -0.39 is 0 Å². The Kier molecular flexibility index (Phi) is 5.11. The van der Waals surface area contributed by atoms with Gasteiger partial charge in [0.15, 0.2) is 0 Å². The Morgan fingerprint density at radius 2 is 1.78 bits per heavy atom. The maximum absolute atomic E-state index is 13.2. The minimum atomic E-state index is -0.358. The van der Waals surface area contributed by atoms with Gasteiger partial charge in [-0.3, -0.25) is 4.79 Å². The van der Waals surface area contributed by atoms with Crippen LogP contribution < -0.4 is 10.1 Å². The van der Waals surface area contributed by atoms with Gasteiger partial charge in [0.05, 0.1) is 18.1 Å². The number of hydrogen-bond acceptors (Lipinski definition) is 3. The van der Waals surface area contributed by atoms with Gasteiger partial charge < -0.3 is 19.2 Å². The monoisotopic (exact) mass is 424 g/mol. The molecule has 2 heterocycles. The van der Waals surface area contributed by atoms with E-state index in [0.717, 1.165) is 39.1 Å². The van der Waals surface area contributed by atoms with Crippen LogP contribution in [0.25, 0.3) is 21.9 Å². The fourth-order valence-corrected chi connectivity index (χ4v) is 4.17. The number of benzene rings is 3. The first-order valence-electron chi connectivity index (χ1n) is 10.5. The zero-order valence-corrected chi connectivity index (χ0v) is 18.0. The largest absolute Gasteiger partial charge is 0.497 e. The molecule has 1 atom stereocenters. The highest BCUT2D eigenvalue weighted by atomic mass is 16.5. The third kappa shape index (κ3) is 3.60. The van der Waals surface area contributed by atoms with Crippen molar-refractivity contribution in [3.63, 3.8) is 0 Å². The number of carbonyl (C=O) groups is 1. The van der Waals surface area contributed by atoms with E-state index in [0.29, 0.717) is 0 Å². The summed E-state index contributed by atoms with van der Waals surface area (Å²) >= 11 is 0. The zero-order chi connectivity index (χ0) is 22.1. The smallest absolute Gasteiger partial charge is 0.240 e. The van der Waals surface area contributed by atoms with Gasteiger partial charge in [-0.15, -0.1) is 0 Å². The molecule has 3 aromatic carbocycles. The van der Waals surface area contributed by atoms with Crippen LogP contribution in [0.3, 0.4) is 0 Å². The highest BCUT2D eigenvalue weighted by Gasteiger charge is 2.23. The van der Waals surface area contributed by atoms with Crippen molar-refractivity contribution in [2.45, 2.75) is 12.6 Å². The molecule has 160 valence electrons. The quantitative estimate of drug-likeness (QED) is 0.438. The summed E-state index contributed by atoms with van der Waals surface area (Å²) in [6, 6.07) is 25.4. The third-order valence-corrected chi connectivity index (χ3v) is 5.81. The number of imidazole rings is 1. The van der Waals surface area contributed by atoms with Crippen LogP contribution in [0.1, 0.15) is 17.4 Å². The Labute approximate surface area is 186 Å². The van der Waals surface area contributed by atoms with Crippen molar-refractivity contribution in [2.24, 2.45) is 7.05 Å². The molecular formula is C26H24N4O2. The van der Waals surface area contributed by atoms with E-state index in [-0.39, 0.29) is 18.5 Å². The number of methoxy groups -OCH3 is 1. The zero-order valence-electron chi connectivity index (χ0n) is 18.0. The molecule has 6 heteroatoms. The van der Waals surface area contributed by atoms with E-state index in [1.165, 1.54) is 0 Å². The van der Waals surface area contributed by atoms with Gasteiger partial charge in [-0.05, 0) is 42.0 Å². The SMILES string of the molecule is COc1ccc2c(ccn2CC(=O)NC(c2ccccc2)c2nc3ccccc3n2C)c1. The molecule has 5 rings (SSSR count). The van der Waals surface area contributed by atoms with Crippen LogP contribution in [0.5, 0.6) is 5.75 Å². The van der Waals surface area contributed by atoms with E-state index in [2.05, 4.69) is 5.32 Å². The van der Waals surface area contributed by atoms with Crippen molar-refractivity contribution >= 4 is 27.8 Å². The number of aromatic nitrogens is 3. The molecule has 0 fully saturated rings. The fourth-order valence-electron chi connectivity index (χ4n) is 4.17. The van der Waals surface area contributed by atoms with Crippen molar-refractivity contribution in [1.29, 1.82) is 0 Å². The molecule has 32 heavy (non-hydrogen) atoms. The van der Waals surface area contributed by atoms with Crippen LogP contribution in [0.4, 0.5) is 0 Å². The lowest BCUT2D eigenvalue weighted by Crippen LogP contribution is -2.33. The minimum absolute atomic E-state index is 0.0840. The van der Waals surface area contributed by atoms with Gasteiger partial charge in [0.25, 0.3) is 0 Å². The number of ether oxygens (including phenoxy) is 1. The Morgan fingerprint density at radius 1 is 1.00 bits per heavy atom. The predicted octanol–water partition coefficient (Wildman–Crippen LogP) is 4.44. The molecule has 1 N–H and O–H groups in total. The Hall–Kier alpha value is -4.06. The van der Waals surface area contributed by atoms with Gasteiger partial charge in [0.2, 0.25) is 5.91 Å². The lowest BCUT2D eigenvalue weighted by atomic mass is 10.1. The molecule has 6 nitrogen and oxygen atoms in total. The number of rotatable bonds is 6. The molecule has 2 aromatic heterocycles. The van der Waals surface area contributed by atoms with Gasteiger partial charge >= 0.3 is 0 Å². The highest BCUT2D eigenvalue weighted by Crippen LogP contribution is 2.26. The first-order valence-corrected chi connectivity index (χ1v) is 10.5.